The van der Waals surface area contributed by atoms with E-state index in [4.69, 9.17) is 14.7 Å². The highest BCUT2D eigenvalue weighted by Gasteiger charge is 2.45. The molecule has 39 heavy (non-hydrogen) atoms. The number of pyridine rings is 2. The van der Waals surface area contributed by atoms with Crippen molar-refractivity contribution >= 4 is 29.2 Å². The molecule has 4 N–H and O–H groups in total. The average Bonchev–Trinajstić information content (AvgIpc) is 3.67. The number of carbonyl (C=O) groups excluding carboxylic acids is 1. The number of hydrogen-bond donors (Lipinski definition) is 4. The summed E-state index contributed by atoms with van der Waals surface area (Å²) in [5.74, 6) is 2.19. The molecule has 2 aromatic heterocycles. The minimum Gasteiger partial charge on any atom is -0.394 e. The maximum absolute atomic E-state index is 13.6. The van der Waals surface area contributed by atoms with E-state index in [1.165, 1.54) is 12.8 Å². The summed E-state index contributed by atoms with van der Waals surface area (Å²) < 4.78 is 5.76. The third-order valence-corrected chi connectivity index (χ3v) is 8.22. The van der Waals surface area contributed by atoms with Crippen molar-refractivity contribution in [3.05, 3.63) is 35.9 Å². The van der Waals surface area contributed by atoms with E-state index in [-0.39, 0.29) is 18.6 Å². The standard InChI is InChI=1S/C29H42N6O4/c1-27(2,19-36)33-23-9-8-20(25(31-23)34-14-12-29(10-11-29)13-15-34)26(37)32-22-6-5-7-24(30-22)35-16-17-39-21(18-35)28(3,4)38/h5-9,21,36,38H,10-19H2,1-4H3,(H,31,33)(H,30,32,37). The van der Waals surface area contributed by atoms with Gasteiger partial charge in [-0.1, -0.05) is 6.07 Å². The third-order valence-electron chi connectivity index (χ3n) is 8.22. The van der Waals surface area contributed by atoms with Gasteiger partial charge in [0, 0.05) is 26.2 Å². The number of rotatable bonds is 8. The summed E-state index contributed by atoms with van der Waals surface area (Å²) in [6.45, 7) is 10.7. The van der Waals surface area contributed by atoms with Crippen LogP contribution in [0.3, 0.4) is 0 Å². The van der Waals surface area contributed by atoms with Crippen molar-refractivity contribution in [1.82, 2.24) is 9.97 Å². The van der Waals surface area contributed by atoms with E-state index in [2.05, 4.69) is 20.4 Å². The molecule has 0 radical (unpaired) electrons. The van der Waals surface area contributed by atoms with E-state index in [0.29, 0.717) is 48.1 Å². The number of hydrogen-bond acceptors (Lipinski definition) is 9. The Bertz CT molecular complexity index is 1180. The lowest BCUT2D eigenvalue weighted by Crippen LogP contribution is -2.52. The molecule has 0 bridgehead atoms. The summed E-state index contributed by atoms with van der Waals surface area (Å²) in [6, 6.07) is 9.14. The van der Waals surface area contributed by atoms with Gasteiger partial charge in [0.1, 0.15) is 29.4 Å². The second-order valence-electron chi connectivity index (χ2n) is 12.5. The van der Waals surface area contributed by atoms with Gasteiger partial charge in [-0.15, -0.1) is 0 Å². The molecule has 1 spiro atoms. The summed E-state index contributed by atoms with van der Waals surface area (Å²) >= 11 is 0. The second kappa shape index (κ2) is 10.6. The fourth-order valence-corrected chi connectivity index (χ4v) is 5.33. The normalized spacial score (nSPS) is 21.1. The molecule has 0 aromatic carbocycles. The van der Waals surface area contributed by atoms with E-state index in [1.54, 1.807) is 32.0 Å². The first-order valence-corrected chi connectivity index (χ1v) is 14.0. The van der Waals surface area contributed by atoms with Gasteiger partial charge in [0.2, 0.25) is 0 Å². The topological polar surface area (TPSA) is 123 Å². The second-order valence-corrected chi connectivity index (χ2v) is 12.5. The van der Waals surface area contributed by atoms with Gasteiger partial charge in [-0.05, 0) is 83.1 Å². The Labute approximate surface area is 230 Å². The number of ether oxygens (including phenoxy) is 1. The Kier molecular flexibility index (Phi) is 7.47. The van der Waals surface area contributed by atoms with Crippen molar-refractivity contribution in [2.24, 2.45) is 5.41 Å². The molecule has 10 heteroatoms. The third kappa shape index (κ3) is 6.45. The van der Waals surface area contributed by atoms with E-state index < -0.39 is 11.1 Å². The van der Waals surface area contributed by atoms with Crippen LogP contribution >= 0.6 is 0 Å². The number of aliphatic hydroxyl groups is 2. The number of aliphatic hydroxyl groups excluding tert-OH is 1. The van der Waals surface area contributed by atoms with Crippen molar-refractivity contribution in [3.8, 4) is 0 Å². The fraction of sp³-hybridized carbons (Fsp3) is 0.621. The minimum atomic E-state index is -0.963. The molecule has 212 valence electrons. The smallest absolute Gasteiger partial charge is 0.260 e. The van der Waals surface area contributed by atoms with Crippen LogP contribution in [-0.4, -0.2) is 82.7 Å². The molecule has 2 aliphatic heterocycles. The Morgan fingerprint density at radius 2 is 1.77 bits per heavy atom. The molecule has 2 saturated heterocycles. The lowest BCUT2D eigenvalue weighted by atomic mass is 9.93. The molecule has 10 nitrogen and oxygen atoms in total. The molecule has 4 heterocycles. The molecular weight excluding hydrogens is 496 g/mol. The van der Waals surface area contributed by atoms with Crippen molar-refractivity contribution < 1.29 is 19.7 Å². The highest BCUT2D eigenvalue weighted by Crippen LogP contribution is 2.54. The zero-order valence-corrected chi connectivity index (χ0v) is 23.5. The Morgan fingerprint density at radius 3 is 2.44 bits per heavy atom. The molecule has 1 aliphatic carbocycles. The first kappa shape index (κ1) is 27.6. The van der Waals surface area contributed by atoms with Gasteiger partial charge in [0.05, 0.1) is 29.9 Å². The zero-order valence-electron chi connectivity index (χ0n) is 23.5. The van der Waals surface area contributed by atoms with Crippen molar-refractivity contribution in [1.29, 1.82) is 0 Å². The molecule has 3 fully saturated rings. The van der Waals surface area contributed by atoms with Gasteiger partial charge >= 0.3 is 0 Å². The minimum absolute atomic E-state index is 0.0415. The number of amides is 1. The van der Waals surface area contributed by atoms with Crippen LogP contribution < -0.4 is 20.4 Å². The van der Waals surface area contributed by atoms with E-state index in [1.807, 2.05) is 26.0 Å². The lowest BCUT2D eigenvalue weighted by molar-refractivity contribution is -0.0929. The van der Waals surface area contributed by atoms with Gasteiger partial charge in [-0.25, -0.2) is 9.97 Å². The SMILES string of the molecule is CC(C)(CO)Nc1ccc(C(=O)Nc2cccc(N3CCOC(C(C)(C)O)C3)n2)c(N2CCC3(CC2)CC3)n1. The van der Waals surface area contributed by atoms with E-state index in [0.717, 1.165) is 31.7 Å². The first-order chi connectivity index (χ1) is 18.5. The molecule has 1 atom stereocenters. The summed E-state index contributed by atoms with van der Waals surface area (Å²) in [6.07, 6.45) is 4.50. The highest BCUT2D eigenvalue weighted by molar-refractivity contribution is 6.07. The Hall–Kier alpha value is -2.95. The highest BCUT2D eigenvalue weighted by atomic mass is 16.5. The number of anilines is 4. The summed E-state index contributed by atoms with van der Waals surface area (Å²) in [7, 11) is 0. The molecular formula is C29H42N6O4. The van der Waals surface area contributed by atoms with Gasteiger partial charge in [0.15, 0.2) is 0 Å². The maximum Gasteiger partial charge on any atom is 0.260 e. The average molecular weight is 539 g/mol. The molecule has 1 unspecified atom stereocenters. The van der Waals surface area contributed by atoms with Crippen LogP contribution in [-0.2, 0) is 4.74 Å². The van der Waals surface area contributed by atoms with Crippen LogP contribution in [0.2, 0.25) is 0 Å². The number of carbonyl (C=O) groups is 1. The molecule has 2 aromatic rings. The molecule has 1 amide bonds. The van der Waals surface area contributed by atoms with Gasteiger partial charge in [0.25, 0.3) is 5.91 Å². The van der Waals surface area contributed by atoms with Crippen molar-refractivity contribution in [2.75, 3.05) is 59.8 Å². The quantitative estimate of drug-likeness (QED) is 0.401. The summed E-state index contributed by atoms with van der Waals surface area (Å²) in [4.78, 5) is 27.4. The predicted octanol–water partition coefficient (Wildman–Crippen LogP) is 3.27. The molecule has 5 rings (SSSR count). The fourth-order valence-electron chi connectivity index (χ4n) is 5.33. The number of nitrogens with zero attached hydrogens (tertiary/aromatic N) is 4. The largest absolute Gasteiger partial charge is 0.394 e. The Morgan fingerprint density at radius 1 is 1.03 bits per heavy atom. The van der Waals surface area contributed by atoms with Crippen LogP contribution in [0.4, 0.5) is 23.3 Å². The first-order valence-electron chi connectivity index (χ1n) is 14.0. The summed E-state index contributed by atoms with van der Waals surface area (Å²) in [5, 5.41) is 26.4. The van der Waals surface area contributed by atoms with E-state index >= 15 is 0 Å². The van der Waals surface area contributed by atoms with Crippen LogP contribution in [0.1, 0.15) is 63.7 Å². The van der Waals surface area contributed by atoms with Crippen LogP contribution in [0.25, 0.3) is 0 Å². The van der Waals surface area contributed by atoms with Gasteiger partial charge < -0.3 is 35.4 Å². The monoisotopic (exact) mass is 538 g/mol. The van der Waals surface area contributed by atoms with E-state index in [9.17, 15) is 15.0 Å². The predicted molar refractivity (Wildman–Crippen MR) is 153 cm³/mol. The van der Waals surface area contributed by atoms with Crippen LogP contribution in [0.5, 0.6) is 0 Å². The molecule has 1 saturated carbocycles. The van der Waals surface area contributed by atoms with Crippen LogP contribution in [0, 0.1) is 5.41 Å². The van der Waals surface area contributed by atoms with Gasteiger partial charge in [-0.3, -0.25) is 4.79 Å². The number of nitrogens with one attached hydrogen (secondary N) is 2. The van der Waals surface area contributed by atoms with Gasteiger partial charge in [-0.2, -0.15) is 0 Å². The van der Waals surface area contributed by atoms with Crippen molar-refractivity contribution in [3.63, 3.8) is 0 Å². The number of morpholine rings is 1. The van der Waals surface area contributed by atoms with Crippen LogP contribution in [0.15, 0.2) is 30.3 Å². The lowest BCUT2D eigenvalue weighted by Gasteiger charge is -2.39. The van der Waals surface area contributed by atoms with Crippen molar-refractivity contribution in [2.45, 2.75) is 70.6 Å². The number of piperidine rings is 1. The summed E-state index contributed by atoms with van der Waals surface area (Å²) in [5.41, 5.74) is -0.506. The Balaban J connectivity index is 1.36. The maximum atomic E-state index is 13.6. The number of aromatic nitrogens is 2. The molecule has 3 aliphatic rings. The zero-order chi connectivity index (χ0) is 27.8.